The first kappa shape index (κ1) is 66.0. The number of phenols is 1. The van der Waals surface area contributed by atoms with Gasteiger partial charge in [-0.3, -0.25) is 38.6 Å². The molecule has 8 unspecified atom stereocenters. The first-order valence-corrected chi connectivity index (χ1v) is 27.4. The van der Waals surface area contributed by atoms with Crippen molar-refractivity contribution in [3.05, 3.63) is 102 Å². The molecule has 0 aliphatic carbocycles. The van der Waals surface area contributed by atoms with Crippen LogP contribution in [0.2, 0.25) is 0 Å². The number of aromatic nitrogens is 4. The maximum absolute atomic E-state index is 14.7. The standard InChI is InChI=1S/C54H82N18O10/c55-21-7-4-13-38(58)46(74)66-39(14-5-8-22-56)48(76)70-44(28-36-30-62-32-65-36)52(80)71-43(27-35-29-61-31-64-35)51(79)68-41(16-10-24-63-54(59)60)47(75)67-40(15-6-9-23-57)49(77)69-42(25-34-17-19-37(73)20-18-34)50(78)72-45(53(81)82)26-33-11-2-1-3-12-33/h1-3,11-12,17-20,29-32,38-45,73H,4-10,13-16,21-28,55-58H2,(H,61,64)(H,62,65)(H,66,74)(H,67,75)(H,68,79)(H,69,77)(H,70,76)(H,71,80)(H,72,78)(H,81,82)(H4,59,60,63). The van der Waals surface area contributed by atoms with Gasteiger partial charge >= 0.3 is 5.97 Å². The molecule has 0 saturated heterocycles. The molecule has 2 heterocycles. The van der Waals surface area contributed by atoms with E-state index in [1.165, 1.54) is 49.3 Å². The Morgan fingerprint density at radius 1 is 0.476 bits per heavy atom. The average Bonchev–Trinajstić information content (AvgIpc) is 4.30. The number of hydrogen-bond donors (Lipinski definition) is 17. The Morgan fingerprint density at radius 2 is 0.854 bits per heavy atom. The number of carboxylic acid groups (broad SMARTS) is 1. The number of unbranched alkanes of at least 4 members (excludes halogenated alkanes) is 3. The second-order valence-corrected chi connectivity index (χ2v) is 19.8. The minimum Gasteiger partial charge on any atom is -0.508 e. The van der Waals surface area contributed by atoms with Crippen molar-refractivity contribution in [3.8, 4) is 5.75 Å². The van der Waals surface area contributed by atoms with Gasteiger partial charge in [-0.2, -0.15) is 0 Å². The quantitative estimate of drug-likeness (QED) is 0.0123. The van der Waals surface area contributed by atoms with E-state index in [9.17, 15) is 48.6 Å². The first-order valence-electron chi connectivity index (χ1n) is 27.4. The molecule has 8 atom stereocenters. The molecule has 0 aliphatic rings. The van der Waals surface area contributed by atoms with Gasteiger partial charge in [0.25, 0.3) is 0 Å². The van der Waals surface area contributed by atoms with Gasteiger partial charge < -0.3 is 91.8 Å². The number of H-pyrrole nitrogens is 2. The van der Waals surface area contributed by atoms with Crippen LogP contribution in [0.15, 0.2) is 84.6 Å². The zero-order valence-electron chi connectivity index (χ0n) is 46.0. The molecule has 0 radical (unpaired) electrons. The molecule has 0 saturated carbocycles. The van der Waals surface area contributed by atoms with Crippen molar-refractivity contribution in [3.63, 3.8) is 0 Å². The predicted molar refractivity (Wildman–Crippen MR) is 304 cm³/mol. The minimum absolute atomic E-state index is 0.00382. The summed E-state index contributed by atoms with van der Waals surface area (Å²) < 4.78 is 0. The maximum atomic E-state index is 14.7. The highest BCUT2D eigenvalue weighted by Crippen LogP contribution is 2.15. The number of nitrogens with zero attached hydrogens (tertiary/aromatic N) is 3. The van der Waals surface area contributed by atoms with E-state index in [-0.39, 0.29) is 76.2 Å². The Balaban J connectivity index is 1.64. The number of nitrogens with two attached hydrogens (primary N) is 6. The third kappa shape index (κ3) is 24.1. The highest BCUT2D eigenvalue weighted by molar-refractivity contribution is 5.98. The second kappa shape index (κ2) is 36.0. The molecule has 28 heteroatoms. The molecular weight excluding hydrogens is 1060 g/mol. The fourth-order valence-electron chi connectivity index (χ4n) is 8.63. The fraction of sp³-hybridized carbons (Fsp3) is 0.500. The van der Waals surface area contributed by atoms with Crippen LogP contribution in [-0.4, -0.2) is 158 Å². The number of amides is 7. The molecule has 82 heavy (non-hydrogen) atoms. The summed E-state index contributed by atoms with van der Waals surface area (Å²) in [4.78, 5) is 130. The van der Waals surface area contributed by atoms with Crippen molar-refractivity contribution in [2.45, 2.75) is 145 Å². The van der Waals surface area contributed by atoms with Crippen molar-refractivity contribution in [1.29, 1.82) is 0 Å². The van der Waals surface area contributed by atoms with Gasteiger partial charge in [0.15, 0.2) is 5.96 Å². The second-order valence-electron chi connectivity index (χ2n) is 19.8. The van der Waals surface area contributed by atoms with E-state index in [1.54, 1.807) is 30.3 Å². The number of nitrogens with one attached hydrogen (secondary N) is 9. The van der Waals surface area contributed by atoms with E-state index < -0.39 is 95.7 Å². The van der Waals surface area contributed by atoms with Crippen molar-refractivity contribution in [2.24, 2.45) is 39.4 Å². The molecule has 448 valence electrons. The first-order chi connectivity index (χ1) is 39.4. The topological polar surface area (TPSA) is 487 Å². The van der Waals surface area contributed by atoms with Crippen LogP contribution in [0.25, 0.3) is 0 Å². The van der Waals surface area contributed by atoms with Crippen LogP contribution in [0.5, 0.6) is 5.75 Å². The van der Waals surface area contributed by atoms with Crippen LogP contribution < -0.4 is 71.6 Å². The van der Waals surface area contributed by atoms with E-state index in [1.807, 2.05) is 0 Å². The van der Waals surface area contributed by atoms with Crippen LogP contribution in [0, 0.1) is 0 Å². The fourth-order valence-corrected chi connectivity index (χ4v) is 8.63. The third-order valence-corrected chi connectivity index (χ3v) is 13.2. The SMILES string of the molecule is NCCCCC(N)C(=O)NC(CCCCN)C(=O)NC(Cc1cnc[nH]1)C(=O)NC(Cc1cnc[nH]1)C(=O)NC(CCCN=C(N)N)C(=O)NC(CCCCN)C(=O)NC(Cc1ccc(O)cc1)C(=O)NC(Cc1ccccc1)C(=O)O. The van der Waals surface area contributed by atoms with Crippen molar-refractivity contribution < 1.29 is 48.6 Å². The summed E-state index contributed by atoms with van der Waals surface area (Å²) in [7, 11) is 0. The molecular formula is C54H82N18O10. The third-order valence-electron chi connectivity index (χ3n) is 13.2. The molecule has 0 spiro atoms. The summed E-state index contributed by atoms with van der Waals surface area (Å²) >= 11 is 0. The lowest BCUT2D eigenvalue weighted by Gasteiger charge is -2.28. The summed E-state index contributed by atoms with van der Waals surface area (Å²) in [6, 6.07) is 4.00. The van der Waals surface area contributed by atoms with Gasteiger partial charge in [0.05, 0.1) is 18.7 Å². The van der Waals surface area contributed by atoms with Crippen molar-refractivity contribution in [2.75, 3.05) is 26.2 Å². The number of aliphatic imine (C=N–C) groups is 1. The van der Waals surface area contributed by atoms with Gasteiger partial charge in [-0.1, -0.05) is 48.9 Å². The number of hydrogen-bond acceptors (Lipinski definition) is 16. The molecule has 23 N–H and O–H groups in total. The number of aromatic hydroxyl groups is 1. The lowest BCUT2D eigenvalue weighted by atomic mass is 10.0. The lowest BCUT2D eigenvalue weighted by molar-refractivity contribution is -0.142. The lowest BCUT2D eigenvalue weighted by Crippen LogP contribution is -2.61. The predicted octanol–water partition coefficient (Wildman–Crippen LogP) is -2.64. The Bertz CT molecular complexity index is 2620. The monoisotopic (exact) mass is 1140 g/mol. The summed E-state index contributed by atoms with van der Waals surface area (Å²) in [5, 5.41) is 39.0. The number of carboxylic acids is 1. The summed E-state index contributed by atoms with van der Waals surface area (Å²) in [5.41, 5.74) is 36.5. The van der Waals surface area contributed by atoms with E-state index in [0.717, 1.165) is 0 Å². The number of aromatic amines is 2. The van der Waals surface area contributed by atoms with Gasteiger partial charge in [-0.25, -0.2) is 14.8 Å². The Labute approximate surface area is 475 Å². The number of aliphatic carboxylic acids is 1. The van der Waals surface area contributed by atoms with E-state index in [0.29, 0.717) is 80.6 Å². The smallest absolute Gasteiger partial charge is 0.326 e. The van der Waals surface area contributed by atoms with Crippen LogP contribution >= 0.6 is 0 Å². The van der Waals surface area contributed by atoms with Gasteiger partial charge in [0.1, 0.15) is 48.0 Å². The Morgan fingerprint density at radius 3 is 1.28 bits per heavy atom. The van der Waals surface area contributed by atoms with Crippen LogP contribution in [0.1, 0.15) is 93.1 Å². The van der Waals surface area contributed by atoms with Crippen LogP contribution in [0.3, 0.4) is 0 Å². The number of guanidine groups is 1. The van der Waals surface area contributed by atoms with Gasteiger partial charge in [-0.05, 0) is 107 Å². The minimum atomic E-state index is -1.45. The number of benzene rings is 2. The number of rotatable bonds is 39. The molecule has 0 fully saturated rings. The molecule has 2 aromatic carbocycles. The Hall–Kier alpha value is -8.47. The number of carbonyl (C=O) groups is 8. The zero-order valence-corrected chi connectivity index (χ0v) is 46.0. The zero-order chi connectivity index (χ0) is 59.8. The van der Waals surface area contributed by atoms with Gasteiger partial charge in [0.2, 0.25) is 41.4 Å². The van der Waals surface area contributed by atoms with Gasteiger partial charge in [0, 0.05) is 56.0 Å². The average molecular weight is 1140 g/mol. The molecule has 4 rings (SSSR count). The number of phenolic OH excluding ortho intramolecular Hbond substituents is 1. The number of carbonyl (C=O) groups excluding carboxylic acids is 7. The van der Waals surface area contributed by atoms with Crippen molar-refractivity contribution >= 4 is 53.3 Å². The summed E-state index contributed by atoms with van der Waals surface area (Å²) in [5.74, 6) is -7.12. The molecule has 0 bridgehead atoms. The highest BCUT2D eigenvalue weighted by Gasteiger charge is 2.35. The number of imidazole rings is 2. The highest BCUT2D eigenvalue weighted by atomic mass is 16.4. The molecule has 2 aromatic heterocycles. The maximum Gasteiger partial charge on any atom is 0.326 e. The van der Waals surface area contributed by atoms with Crippen molar-refractivity contribution in [1.82, 2.24) is 57.2 Å². The molecule has 4 aromatic rings. The molecule has 7 amide bonds. The normalized spacial score (nSPS) is 14.0. The van der Waals surface area contributed by atoms with Gasteiger partial charge in [-0.15, -0.1) is 0 Å². The summed E-state index contributed by atoms with van der Waals surface area (Å²) in [6.45, 7) is 1.01. The van der Waals surface area contributed by atoms with E-state index in [2.05, 4.69) is 62.1 Å². The van der Waals surface area contributed by atoms with E-state index in [4.69, 9.17) is 34.4 Å². The van der Waals surface area contributed by atoms with E-state index >= 15 is 0 Å². The largest absolute Gasteiger partial charge is 0.508 e. The Kier molecular flexibility index (Phi) is 29.0. The van der Waals surface area contributed by atoms with Crippen LogP contribution in [0.4, 0.5) is 0 Å². The van der Waals surface area contributed by atoms with Crippen LogP contribution in [-0.2, 0) is 64.0 Å². The molecule has 28 nitrogen and oxygen atoms in total. The molecule has 0 aliphatic heterocycles. The summed E-state index contributed by atoms with van der Waals surface area (Å²) in [6.07, 6.45) is 8.52.